The summed E-state index contributed by atoms with van der Waals surface area (Å²) >= 11 is 0. The van der Waals surface area contributed by atoms with Crippen molar-refractivity contribution in [2.75, 3.05) is 11.4 Å². The lowest BCUT2D eigenvalue weighted by Crippen LogP contribution is -2.20. The summed E-state index contributed by atoms with van der Waals surface area (Å²) in [7, 11) is 0. The normalized spacial score (nSPS) is 13.6. The molecule has 4 heteroatoms. The number of para-hydroxylation sites is 2. The number of carbonyl (C=O) groups is 1. The van der Waals surface area contributed by atoms with Gasteiger partial charge in [0, 0.05) is 17.8 Å². The van der Waals surface area contributed by atoms with Crippen molar-refractivity contribution < 1.29 is 4.79 Å². The van der Waals surface area contributed by atoms with Crippen LogP contribution in [0.1, 0.15) is 28.7 Å². The Morgan fingerprint density at radius 1 is 1.27 bits per heavy atom. The number of carbonyl (C=O) groups excluding carboxylic acids is 1. The second-order valence-electron chi connectivity index (χ2n) is 5.77. The van der Waals surface area contributed by atoms with Crippen LogP contribution < -0.4 is 4.90 Å². The summed E-state index contributed by atoms with van der Waals surface area (Å²) in [4.78, 5) is 21.8. The van der Waals surface area contributed by atoms with Gasteiger partial charge in [0.05, 0.1) is 17.6 Å². The van der Waals surface area contributed by atoms with Crippen LogP contribution in [0, 0.1) is 0 Å². The summed E-state index contributed by atoms with van der Waals surface area (Å²) in [6.45, 7) is 3.34. The van der Waals surface area contributed by atoms with Crippen LogP contribution in [0.5, 0.6) is 0 Å². The second kappa shape index (κ2) is 4.98. The molecule has 0 amide bonds. The Bertz CT molecular complexity index is 833. The molecule has 0 fully saturated rings. The Balaban J connectivity index is 1.62. The number of fused-ring (bicyclic) bond motifs is 2. The van der Waals surface area contributed by atoms with Crippen molar-refractivity contribution in [3.8, 4) is 0 Å². The molecule has 1 N–H and O–H groups in total. The molecule has 1 aliphatic heterocycles. The van der Waals surface area contributed by atoms with Crippen molar-refractivity contribution in [3.05, 3.63) is 59.4 Å². The molecular formula is C18H17N3O. The second-order valence-corrected chi connectivity index (χ2v) is 5.77. The summed E-state index contributed by atoms with van der Waals surface area (Å²) in [5.74, 6) is 1.10. The third-order valence-corrected chi connectivity index (χ3v) is 4.26. The highest BCUT2D eigenvalue weighted by Gasteiger charge is 2.21. The summed E-state index contributed by atoms with van der Waals surface area (Å²) in [5.41, 5.74) is 5.34. The summed E-state index contributed by atoms with van der Waals surface area (Å²) in [6, 6.07) is 14.1. The molecule has 0 unspecified atom stereocenters. The highest BCUT2D eigenvalue weighted by atomic mass is 16.1. The molecule has 110 valence electrons. The predicted octanol–water partition coefficient (Wildman–Crippen LogP) is 3.33. The number of imidazole rings is 1. The number of rotatable bonds is 3. The zero-order valence-corrected chi connectivity index (χ0v) is 12.5. The number of hydrogen-bond donors (Lipinski definition) is 1. The van der Waals surface area contributed by atoms with E-state index in [9.17, 15) is 4.79 Å². The van der Waals surface area contributed by atoms with E-state index >= 15 is 0 Å². The summed E-state index contributed by atoms with van der Waals surface area (Å²) in [6.07, 6.45) is 0.983. The van der Waals surface area contributed by atoms with Crippen molar-refractivity contribution >= 4 is 22.5 Å². The average molecular weight is 291 g/mol. The smallest absolute Gasteiger partial charge is 0.159 e. The number of H-pyrrole nitrogens is 1. The van der Waals surface area contributed by atoms with E-state index in [0.717, 1.165) is 41.9 Å². The SMILES string of the molecule is CC(=O)c1ccc2c(c1)CCN2Cc1nc2ccccc2[nH]1. The lowest BCUT2D eigenvalue weighted by atomic mass is 10.1. The quantitative estimate of drug-likeness (QED) is 0.753. The van der Waals surface area contributed by atoms with Gasteiger partial charge in [-0.3, -0.25) is 4.79 Å². The van der Waals surface area contributed by atoms with Crippen LogP contribution in [-0.2, 0) is 13.0 Å². The Labute approximate surface area is 128 Å². The number of nitrogens with zero attached hydrogens (tertiary/aromatic N) is 2. The van der Waals surface area contributed by atoms with Gasteiger partial charge in [-0.2, -0.15) is 0 Å². The maximum absolute atomic E-state index is 11.5. The van der Waals surface area contributed by atoms with E-state index in [1.165, 1.54) is 11.3 Å². The largest absolute Gasteiger partial charge is 0.364 e. The fourth-order valence-electron chi connectivity index (χ4n) is 3.11. The minimum atomic E-state index is 0.124. The van der Waals surface area contributed by atoms with Gasteiger partial charge in [-0.05, 0) is 49.2 Å². The van der Waals surface area contributed by atoms with Gasteiger partial charge in [-0.25, -0.2) is 4.98 Å². The Kier molecular flexibility index (Phi) is 2.96. The fourth-order valence-corrected chi connectivity index (χ4v) is 3.11. The lowest BCUT2D eigenvalue weighted by molar-refractivity contribution is 0.101. The van der Waals surface area contributed by atoms with Crippen LogP contribution in [0.4, 0.5) is 5.69 Å². The van der Waals surface area contributed by atoms with Crippen LogP contribution in [0.2, 0.25) is 0 Å². The number of aromatic amines is 1. The number of hydrogen-bond acceptors (Lipinski definition) is 3. The zero-order chi connectivity index (χ0) is 15.1. The van der Waals surface area contributed by atoms with Gasteiger partial charge in [-0.1, -0.05) is 12.1 Å². The van der Waals surface area contributed by atoms with Crippen molar-refractivity contribution in [2.24, 2.45) is 0 Å². The Morgan fingerprint density at radius 2 is 2.14 bits per heavy atom. The van der Waals surface area contributed by atoms with E-state index in [4.69, 9.17) is 0 Å². The number of benzene rings is 2. The molecule has 1 aromatic heterocycles. The van der Waals surface area contributed by atoms with Gasteiger partial charge in [0.15, 0.2) is 5.78 Å². The van der Waals surface area contributed by atoms with E-state index in [-0.39, 0.29) is 5.78 Å². The standard InChI is InChI=1S/C18H17N3O/c1-12(22)13-6-7-17-14(10-13)8-9-21(17)11-18-19-15-4-2-3-5-16(15)20-18/h2-7,10H,8-9,11H2,1H3,(H,19,20). The predicted molar refractivity (Wildman–Crippen MR) is 87.3 cm³/mol. The van der Waals surface area contributed by atoms with Crippen molar-refractivity contribution in [2.45, 2.75) is 19.9 Å². The Morgan fingerprint density at radius 3 is 2.95 bits per heavy atom. The molecule has 22 heavy (non-hydrogen) atoms. The fraction of sp³-hybridized carbons (Fsp3) is 0.222. The molecule has 2 heterocycles. The third kappa shape index (κ3) is 2.17. The molecule has 4 rings (SSSR count). The first-order valence-electron chi connectivity index (χ1n) is 7.53. The minimum Gasteiger partial charge on any atom is -0.364 e. The molecule has 2 aromatic carbocycles. The molecule has 0 saturated heterocycles. The highest BCUT2D eigenvalue weighted by Crippen LogP contribution is 2.30. The van der Waals surface area contributed by atoms with Crippen LogP contribution in [0.25, 0.3) is 11.0 Å². The van der Waals surface area contributed by atoms with Crippen LogP contribution in [0.15, 0.2) is 42.5 Å². The number of nitrogens with one attached hydrogen (secondary N) is 1. The monoisotopic (exact) mass is 291 g/mol. The van der Waals surface area contributed by atoms with Gasteiger partial charge in [-0.15, -0.1) is 0 Å². The maximum Gasteiger partial charge on any atom is 0.159 e. The summed E-state index contributed by atoms with van der Waals surface area (Å²) < 4.78 is 0. The molecule has 0 bridgehead atoms. The lowest BCUT2D eigenvalue weighted by Gasteiger charge is -2.18. The highest BCUT2D eigenvalue weighted by molar-refractivity contribution is 5.94. The molecule has 0 aliphatic carbocycles. The number of anilines is 1. The number of Topliss-reactive ketones (excluding diaryl/α,β-unsaturated/α-hetero) is 1. The number of ketones is 1. The minimum absolute atomic E-state index is 0.124. The van der Waals surface area contributed by atoms with Crippen LogP contribution in [0.3, 0.4) is 0 Å². The topological polar surface area (TPSA) is 49.0 Å². The van der Waals surface area contributed by atoms with E-state index in [1.807, 2.05) is 36.4 Å². The first-order valence-corrected chi connectivity index (χ1v) is 7.53. The number of aromatic nitrogens is 2. The molecule has 0 radical (unpaired) electrons. The first kappa shape index (κ1) is 13.1. The van der Waals surface area contributed by atoms with E-state index in [0.29, 0.717) is 0 Å². The van der Waals surface area contributed by atoms with E-state index < -0.39 is 0 Å². The van der Waals surface area contributed by atoms with Crippen LogP contribution >= 0.6 is 0 Å². The molecule has 3 aromatic rings. The molecule has 0 saturated carbocycles. The molecule has 0 atom stereocenters. The van der Waals surface area contributed by atoms with Crippen molar-refractivity contribution in [1.29, 1.82) is 0 Å². The maximum atomic E-state index is 11.5. The van der Waals surface area contributed by atoms with Crippen LogP contribution in [-0.4, -0.2) is 22.3 Å². The zero-order valence-electron chi connectivity index (χ0n) is 12.5. The van der Waals surface area contributed by atoms with Gasteiger partial charge in [0.2, 0.25) is 0 Å². The first-order chi connectivity index (χ1) is 10.7. The summed E-state index contributed by atoms with van der Waals surface area (Å²) in [5, 5.41) is 0. The van der Waals surface area contributed by atoms with E-state index in [2.05, 4.69) is 20.9 Å². The average Bonchev–Trinajstić information content (AvgIpc) is 3.10. The molecule has 4 nitrogen and oxygen atoms in total. The van der Waals surface area contributed by atoms with Crippen molar-refractivity contribution in [1.82, 2.24) is 9.97 Å². The Hall–Kier alpha value is -2.62. The van der Waals surface area contributed by atoms with Gasteiger partial charge < -0.3 is 9.88 Å². The van der Waals surface area contributed by atoms with Gasteiger partial charge >= 0.3 is 0 Å². The molecule has 1 aliphatic rings. The van der Waals surface area contributed by atoms with Gasteiger partial charge in [0.1, 0.15) is 5.82 Å². The van der Waals surface area contributed by atoms with Gasteiger partial charge in [0.25, 0.3) is 0 Å². The van der Waals surface area contributed by atoms with Crippen molar-refractivity contribution in [3.63, 3.8) is 0 Å². The molecular weight excluding hydrogens is 274 g/mol. The van der Waals surface area contributed by atoms with E-state index in [1.54, 1.807) is 6.92 Å². The molecule has 0 spiro atoms. The third-order valence-electron chi connectivity index (χ3n) is 4.26.